The fourth-order valence-electron chi connectivity index (χ4n) is 1.27. The second-order valence-electron chi connectivity index (χ2n) is 4.15. The van der Waals surface area contributed by atoms with Crippen molar-refractivity contribution in [2.45, 2.75) is 39.2 Å². The Balaban J connectivity index is 2.15. The van der Waals surface area contributed by atoms with E-state index in [1.807, 2.05) is 30.3 Å². The number of hydrogen-bond acceptors (Lipinski definition) is 3. The number of carbonyl (C=O) groups excluding carboxylic acids is 1. The van der Waals surface area contributed by atoms with Crippen molar-refractivity contribution in [3.05, 3.63) is 35.9 Å². The van der Waals surface area contributed by atoms with Gasteiger partial charge in [0.2, 0.25) is 0 Å². The van der Waals surface area contributed by atoms with Gasteiger partial charge in [-0.25, -0.2) is 4.39 Å². The van der Waals surface area contributed by atoms with Gasteiger partial charge in [0.15, 0.2) is 0 Å². The van der Waals surface area contributed by atoms with Crippen LogP contribution in [-0.2, 0) is 20.9 Å². The Hall–Kier alpha value is -1.42. The molecular formula is C14H19FO3. The van der Waals surface area contributed by atoms with Crippen molar-refractivity contribution < 1.29 is 18.7 Å². The van der Waals surface area contributed by atoms with E-state index >= 15 is 0 Å². The molecule has 1 rings (SSSR count). The zero-order valence-corrected chi connectivity index (χ0v) is 10.8. The number of carbonyl (C=O) groups is 1. The molecule has 0 fully saturated rings. The minimum Gasteiger partial charge on any atom is -0.461 e. The average molecular weight is 254 g/mol. The lowest BCUT2D eigenvalue weighted by Gasteiger charge is -2.13. The Bertz CT molecular complexity index is 351. The van der Waals surface area contributed by atoms with E-state index in [2.05, 4.69) is 0 Å². The molecule has 0 spiro atoms. The topological polar surface area (TPSA) is 35.5 Å². The second kappa shape index (κ2) is 7.82. The summed E-state index contributed by atoms with van der Waals surface area (Å²) in [5, 5.41) is 0. The first-order valence-corrected chi connectivity index (χ1v) is 6.05. The first kappa shape index (κ1) is 14.6. The molecule has 0 saturated carbocycles. The van der Waals surface area contributed by atoms with E-state index in [1.54, 1.807) is 6.92 Å². The number of rotatable bonds is 7. The van der Waals surface area contributed by atoms with Gasteiger partial charge in [-0.2, -0.15) is 0 Å². The summed E-state index contributed by atoms with van der Waals surface area (Å²) in [5.74, 6) is -0.336. The van der Waals surface area contributed by atoms with Gasteiger partial charge in [0.05, 0.1) is 19.1 Å². The van der Waals surface area contributed by atoms with E-state index in [-0.39, 0.29) is 25.6 Å². The van der Waals surface area contributed by atoms with Crippen LogP contribution in [0.2, 0.25) is 0 Å². The predicted octanol–water partition coefficient (Wildman–Crippen LogP) is 2.88. The maximum absolute atomic E-state index is 12.7. The molecule has 3 nitrogen and oxygen atoms in total. The largest absolute Gasteiger partial charge is 0.461 e. The third-order valence-electron chi connectivity index (χ3n) is 2.58. The van der Waals surface area contributed by atoms with Crippen molar-refractivity contribution in [2.75, 3.05) is 6.61 Å². The third kappa shape index (κ3) is 5.77. The van der Waals surface area contributed by atoms with Crippen molar-refractivity contribution in [3.8, 4) is 0 Å². The van der Waals surface area contributed by atoms with Gasteiger partial charge in [-0.15, -0.1) is 0 Å². The second-order valence-corrected chi connectivity index (χ2v) is 4.15. The summed E-state index contributed by atoms with van der Waals surface area (Å²) in [7, 11) is 0. The number of ether oxygens (including phenoxy) is 2. The summed E-state index contributed by atoms with van der Waals surface area (Å²) >= 11 is 0. The summed E-state index contributed by atoms with van der Waals surface area (Å²) in [6.45, 7) is 3.51. The van der Waals surface area contributed by atoms with Crippen LogP contribution in [0.5, 0.6) is 0 Å². The Morgan fingerprint density at radius 1 is 1.28 bits per heavy atom. The maximum atomic E-state index is 12.7. The number of benzene rings is 1. The maximum Gasteiger partial charge on any atom is 0.308 e. The zero-order valence-electron chi connectivity index (χ0n) is 10.8. The molecule has 100 valence electrons. The molecule has 4 heteroatoms. The van der Waals surface area contributed by atoms with Crippen LogP contribution in [0.1, 0.15) is 25.8 Å². The average Bonchev–Trinajstić information content (AvgIpc) is 2.37. The van der Waals surface area contributed by atoms with Gasteiger partial charge < -0.3 is 9.47 Å². The molecule has 2 atom stereocenters. The van der Waals surface area contributed by atoms with Gasteiger partial charge in [-0.1, -0.05) is 30.3 Å². The summed E-state index contributed by atoms with van der Waals surface area (Å²) in [4.78, 5) is 11.4. The quantitative estimate of drug-likeness (QED) is 0.702. The first-order valence-electron chi connectivity index (χ1n) is 6.05. The van der Waals surface area contributed by atoms with Crippen molar-refractivity contribution in [2.24, 2.45) is 0 Å². The highest BCUT2D eigenvalue weighted by molar-refractivity contribution is 5.69. The molecule has 0 radical (unpaired) electrons. The lowest BCUT2D eigenvalue weighted by atomic mass is 10.2. The van der Waals surface area contributed by atoms with Gasteiger partial charge in [-0.05, 0) is 19.4 Å². The molecule has 0 aliphatic heterocycles. The predicted molar refractivity (Wildman–Crippen MR) is 66.8 cm³/mol. The molecule has 1 aromatic carbocycles. The molecule has 0 aliphatic carbocycles. The minimum absolute atomic E-state index is 0.143. The van der Waals surface area contributed by atoms with Crippen LogP contribution in [0, 0.1) is 0 Å². The van der Waals surface area contributed by atoms with Crippen LogP contribution in [0.3, 0.4) is 0 Å². The Morgan fingerprint density at radius 2 is 1.94 bits per heavy atom. The van der Waals surface area contributed by atoms with E-state index < -0.39 is 12.3 Å². The Labute approximate surface area is 107 Å². The van der Waals surface area contributed by atoms with Crippen LogP contribution in [0.4, 0.5) is 4.39 Å². The van der Waals surface area contributed by atoms with Crippen molar-refractivity contribution >= 4 is 5.97 Å². The highest BCUT2D eigenvalue weighted by atomic mass is 19.1. The molecule has 0 bridgehead atoms. The van der Waals surface area contributed by atoms with Crippen LogP contribution in [0.15, 0.2) is 30.3 Å². The lowest BCUT2D eigenvalue weighted by molar-refractivity contribution is -0.146. The monoisotopic (exact) mass is 254 g/mol. The molecule has 18 heavy (non-hydrogen) atoms. The van der Waals surface area contributed by atoms with E-state index in [1.165, 1.54) is 6.92 Å². The third-order valence-corrected chi connectivity index (χ3v) is 2.58. The van der Waals surface area contributed by atoms with Gasteiger partial charge >= 0.3 is 5.97 Å². The Morgan fingerprint density at radius 3 is 2.56 bits per heavy atom. The van der Waals surface area contributed by atoms with E-state index in [0.717, 1.165) is 5.56 Å². The molecular weight excluding hydrogens is 235 g/mol. The van der Waals surface area contributed by atoms with E-state index in [0.29, 0.717) is 0 Å². The minimum atomic E-state index is -1.04. The fourth-order valence-corrected chi connectivity index (χ4v) is 1.27. The molecule has 0 saturated heterocycles. The summed E-state index contributed by atoms with van der Waals surface area (Å²) in [6.07, 6.45) is -1.39. The van der Waals surface area contributed by atoms with Crippen molar-refractivity contribution in [1.82, 2.24) is 0 Å². The number of esters is 1. The molecule has 0 aliphatic rings. The smallest absolute Gasteiger partial charge is 0.308 e. The standard InChI is InChI=1S/C14H19FO3/c1-11(15)12(2)17-9-8-14(16)18-10-13-6-4-3-5-7-13/h3-7,11-12H,8-10H2,1-2H3/t11?,12-/m0/s1. The van der Waals surface area contributed by atoms with E-state index in [9.17, 15) is 9.18 Å². The number of hydrogen-bond donors (Lipinski definition) is 0. The highest BCUT2D eigenvalue weighted by Crippen LogP contribution is 2.04. The summed E-state index contributed by atoms with van der Waals surface area (Å²) in [6, 6.07) is 9.44. The van der Waals surface area contributed by atoms with Gasteiger partial charge in [0.1, 0.15) is 12.8 Å². The number of halogens is 1. The molecule has 1 unspecified atom stereocenters. The summed E-state index contributed by atoms with van der Waals surface area (Å²) < 4.78 is 23.0. The van der Waals surface area contributed by atoms with Crippen LogP contribution >= 0.6 is 0 Å². The highest BCUT2D eigenvalue weighted by Gasteiger charge is 2.11. The Kier molecular flexibility index (Phi) is 6.36. The molecule has 0 amide bonds. The molecule has 0 heterocycles. The lowest BCUT2D eigenvalue weighted by Crippen LogP contribution is -2.21. The SMILES string of the molecule is CC(F)[C@H](C)OCCC(=O)OCc1ccccc1. The van der Waals surface area contributed by atoms with Crippen LogP contribution in [-0.4, -0.2) is 24.9 Å². The molecule has 0 aromatic heterocycles. The number of alkyl halides is 1. The van der Waals surface area contributed by atoms with Crippen molar-refractivity contribution in [1.29, 1.82) is 0 Å². The van der Waals surface area contributed by atoms with Gasteiger partial charge in [-0.3, -0.25) is 4.79 Å². The molecule has 0 N–H and O–H groups in total. The first-order chi connectivity index (χ1) is 8.59. The zero-order chi connectivity index (χ0) is 13.4. The van der Waals surface area contributed by atoms with Gasteiger partial charge in [0, 0.05) is 0 Å². The molecule has 1 aromatic rings. The fraction of sp³-hybridized carbons (Fsp3) is 0.500. The van der Waals surface area contributed by atoms with Crippen LogP contribution in [0.25, 0.3) is 0 Å². The summed E-state index contributed by atoms with van der Waals surface area (Å²) in [5.41, 5.74) is 0.942. The normalized spacial score (nSPS) is 13.9. The van der Waals surface area contributed by atoms with Gasteiger partial charge in [0.25, 0.3) is 0 Å². The van der Waals surface area contributed by atoms with Crippen LogP contribution < -0.4 is 0 Å². The van der Waals surface area contributed by atoms with E-state index in [4.69, 9.17) is 9.47 Å². The van der Waals surface area contributed by atoms with Crippen molar-refractivity contribution in [3.63, 3.8) is 0 Å².